The van der Waals surface area contributed by atoms with E-state index < -0.39 is 0 Å². The first kappa shape index (κ1) is 28.1. The summed E-state index contributed by atoms with van der Waals surface area (Å²) in [7, 11) is 3.50. The van der Waals surface area contributed by atoms with Gasteiger partial charge in [-0.05, 0) is 85.6 Å². The van der Waals surface area contributed by atoms with Gasteiger partial charge in [-0.3, -0.25) is 19.6 Å². The molecular weight excluding hydrogens is 476 g/mol. The number of hydrogen-bond acceptors (Lipinski definition) is 4. The van der Waals surface area contributed by atoms with Crippen LogP contribution in [0.5, 0.6) is 0 Å². The predicted octanol–water partition coefficient (Wildman–Crippen LogP) is 4.94. The van der Waals surface area contributed by atoms with Gasteiger partial charge in [0.15, 0.2) is 0 Å². The van der Waals surface area contributed by atoms with Gasteiger partial charge in [-0.25, -0.2) is 0 Å². The highest BCUT2D eigenvalue weighted by Gasteiger charge is 2.11. The third-order valence-corrected chi connectivity index (χ3v) is 5.77. The molecule has 2 amide bonds. The Balaban J connectivity index is 1.58. The number of carbonyl (C=O) groups is 2. The number of benzene rings is 3. The second-order valence-electron chi connectivity index (χ2n) is 8.64. The molecular formula is C30H36N6O2. The van der Waals surface area contributed by atoms with Crippen LogP contribution in [0.4, 0.5) is 11.4 Å². The van der Waals surface area contributed by atoms with E-state index in [9.17, 15) is 9.59 Å². The third kappa shape index (κ3) is 7.77. The van der Waals surface area contributed by atoms with Crippen molar-refractivity contribution in [2.24, 2.45) is 9.98 Å². The van der Waals surface area contributed by atoms with E-state index in [1.807, 2.05) is 48.5 Å². The molecule has 3 aromatic rings. The zero-order valence-electron chi connectivity index (χ0n) is 22.5. The van der Waals surface area contributed by atoms with Crippen LogP contribution < -0.4 is 21.3 Å². The maximum atomic E-state index is 12.7. The van der Waals surface area contributed by atoms with Gasteiger partial charge in [0, 0.05) is 60.8 Å². The highest BCUT2D eigenvalue weighted by molar-refractivity contribution is 6.07. The fourth-order valence-corrected chi connectivity index (χ4v) is 3.71. The maximum Gasteiger partial charge on any atom is 0.255 e. The van der Waals surface area contributed by atoms with Crippen molar-refractivity contribution in [2.45, 2.75) is 26.7 Å². The van der Waals surface area contributed by atoms with Gasteiger partial charge in [-0.2, -0.15) is 0 Å². The fraction of sp³-hybridized carbons (Fsp3) is 0.267. The molecule has 38 heavy (non-hydrogen) atoms. The van der Waals surface area contributed by atoms with Crippen LogP contribution >= 0.6 is 0 Å². The lowest BCUT2D eigenvalue weighted by atomic mass is 10.1. The molecule has 0 aromatic heterocycles. The topological polar surface area (TPSA) is 107 Å². The van der Waals surface area contributed by atoms with Gasteiger partial charge in [0.1, 0.15) is 11.7 Å². The smallest absolute Gasteiger partial charge is 0.255 e. The van der Waals surface area contributed by atoms with E-state index in [0.717, 1.165) is 48.7 Å². The molecule has 0 aliphatic heterocycles. The van der Waals surface area contributed by atoms with E-state index in [1.54, 1.807) is 38.4 Å². The molecule has 0 aliphatic carbocycles. The molecule has 0 saturated carbocycles. The zero-order chi connectivity index (χ0) is 27.3. The standard InChI is InChI=1S/C30H36N6O2/c1-5-19-33-27(31-3)21-11-15-25(16-12-21)35-29(37)23-7-9-24(10-8-23)30(38)36-26-17-13-22(14-18-26)28(32-4)34-20-6-2/h7-18H,5-6,19-20H2,1-4H3,(H,31,33)(H,32,34)(H,35,37)(H,36,38). The molecule has 3 aromatic carbocycles. The first-order chi connectivity index (χ1) is 18.5. The number of nitrogens with zero attached hydrogens (tertiary/aromatic N) is 2. The van der Waals surface area contributed by atoms with Crippen LogP contribution in [-0.4, -0.2) is 50.7 Å². The summed E-state index contributed by atoms with van der Waals surface area (Å²) in [6.07, 6.45) is 2.01. The third-order valence-electron chi connectivity index (χ3n) is 5.77. The number of hydrogen-bond donors (Lipinski definition) is 4. The molecule has 0 bridgehead atoms. The van der Waals surface area contributed by atoms with Crippen LogP contribution in [0.3, 0.4) is 0 Å². The van der Waals surface area contributed by atoms with E-state index in [0.29, 0.717) is 22.5 Å². The Kier molecular flexibility index (Phi) is 10.6. The van der Waals surface area contributed by atoms with Crippen LogP contribution in [0.15, 0.2) is 82.8 Å². The Bertz CT molecular complexity index is 1160. The number of nitrogens with one attached hydrogen (secondary N) is 4. The lowest BCUT2D eigenvalue weighted by Crippen LogP contribution is -2.25. The van der Waals surface area contributed by atoms with Gasteiger partial charge in [-0.15, -0.1) is 0 Å². The molecule has 198 valence electrons. The Morgan fingerprint density at radius 1 is 0.553 bits per heavy atom. The van der Waals surface area contributed by atoms with Crippen molar-refractivity contribution in [3.63, 3.8) is 0 Å². The summed E-state index contributed by atoms with van der Waals surface area (Å²) in [4.78, 5) is 34.0. The van der Waals surface area contributed by atoms with Crippen molar-refractivity contribution < 1.29 is 9.59 Å². The lowest BCUT2D eigenvalue weighted by molar-refractivity contribution is 0.101. The van der Waals surface area contributed by atoms with Crippen LogP contribution in [0.2, 0.25) is 0 Å². The van der Waals surface area contributed by atoms with Gasteiger partial charge in [0.25, 0.3) is 11.8 Å². The summed E-state index contributed by atoms with van der Waals surface area (Å²) in [5.41, 5.74) is 4.18. The van der Waals surface area contributed by atoms with Gasteiger partial charge < -0.3 is 21.3 Å². The van der Waals surface area contributed by atoms with E-state index in [1.165, 1.54) is 0 Å². The van der Waals surface area contributed by atoms with Crippen LogP contribution in [0.25, 0.3) is 0 Å². The molecule has 4 N–H and O–H groups in total. The second kappa shape index (κ2) is 14.3. The average Bonchev–Trinajstić information content (AvgIpc) is 2.95. The average molecular weight is 513 g/mol. The van der Waals surface area contributed by atoms with E-state index in [-0.39, 0.29) is 11.8 Å². The Morgan fingerprint density at radius 2 is 0.868 bits per heavy atom. The molecule has 0 heterocycles. The molecule has 8 nitrogen and oxygen atoms in total. The van der Waals surface area contributed by atoms with Crippen LogP contribution in [-0.2, 0) is 0 Å². The normalized spacial score (nSPS) is 11.6. The van der Waals surface area contributed by atoms with Crippen molar-refractivity contribution in [3.8, 4) is 0 Å². The number of amides is 2. The summed E-state index contributed by atoms with van der Waals surface area (Å²) >= 11 is 0. The lowest BCUT2D eigenvalue weighted by Gasteiger charge is -2.11. The minimum absolute atomic E-state index is 0.251. The number of carbonyl (C=O) groups excluding carboxylic acids is 2. The molecule has 0 spiro atoms. The summed E-state index contributed by atoms with van der Waals surface area (Å²) in [6.45, 7) is 5.89. The van der Waals surface area contributed by atoms with Crippen molar-refractivity contribution in [1.29, 1.82) is 0 Å². The SMILES string of the molecule is CCCNC(=NC)c1ccc(NC(=O)c2ccc(C(=O)Nc3ccc(C(=NC)NCCC)cc3)cc2)cc1. The highest BCUT2D eigenvalue weighted by atomic mass is 16.2. The fourth-order valence-electron chi connectivity index (χ4n) is 3.71. The molecule has 0 fully saturated rings. The summed E-state index contributed by atoms with van der Waals surface area (Å²) in [5, 5.41) is 12.4. The summed E-state index contributed by atoms with van der Waals surface area (Å²) in [5.74, 6) is 1.13. The van der Waals surface area contributed by atoms with Crippen LogP contribution in [0.1, 0.15) is 58.5 Å². The van der Waals surface area contributed by atoms with Gasteiger partial charge in [-0.1, -0.05) is 13.8 Å². The van der Waals surface area contributed by atoms with Crippen molar-refractivity contribution in [1.82, 2.24) is 10.6 Å². The van der Waals surface area contributed by atoms with E-state index >= 15 is 0 Å². The second-order valence-corrected chi connectivity index (χ2v) is 8.64. The van der Waals surface area contributed by atoms with Gasteiger partial charge >= 0.3 is 0 Å². The number of anilines is 2. The minimum Gasteiger partial charge on any atom is -0.370 e. The molecule has 8 heteroatoms. The maximum absolute atomic E-state index is 12.7. The van der Waals surface area contributed by atoms with Gasteiger partial charge in [0.2, 0.25) is 0 Å². The van der Waals surface area contributed by atoms with E-state index in [4.69, 9.17) is 0 Å². The Morgan fingerprint density at radius 3 is 1.16 bits per heavy atom. The Labute approximate surface area is 224 Å². The van der Waals surface area contributed by atoms with Gasteiger partial charge in [0.05, 0.1) is 0 Å². The number of amidine groups is 2. The quantitative estimate of drug-likeness (QED) is 0.228. The number of aliphatic imine (C=N–C) groups is 2. The zero-order valence-corrected chi connectivity index (χ0v) is 22.5. The Hall–Kier alpha value is -4.46. The molecule has 3 rings (SSSR count). The van der Waals surface area contributed by atoms with Crippen molar-refractivity contribution >= 4 is 34.9 Å². The first-order valence-electron chi connectivity index (χ1n) is 12.8. The van der Waals surface area contributed by atoms with Crippen molar-refractivity contribution in [2.75, 3.05) is 37.8 Å². The van der Waals surface area contributed by atoms with Crippen molar-refractivity contribution in [3.05, 3.63) is 95.1 Å². The highest BCUT2D eigenvalue weighted by Crippen LogP contribution is 2.15. The first-order valence-corrected chi connectivity index (χ1v) is 12.8. The molecule has 0 saturated heterocycles. The molecule has 0 atom stereocenters. The molecule has 0 unspecified atom stereocenters. The molecule has 0 aliphatic rings. The van der Waals surface area contributed by atoms with Crippen LogP contribution in [0, 0.1) is 0 Å². The molecule has 0 radical (unpaired) electrons. The minimum atomic E-state index is -0.251. The summed E-state index contributed by atoms with van der Waals surface area (Å²) in [6, 6.07) is 21.6. The number of rotatable bonds is 10. The monoisotopic (exact) mass is 512 g/mol. The summed E-state index contributed by atoms with van der Waals surface area (Å²) < 4.78 is 0. The van der Waals surface area contributed by atoms with E-state index in [2.05, 4.69) is 45.1 Å². The predicted molar refractivity (Wildman–Crippen MR) is 157 cm³/mol. The largest absolute Gasteiger partial charge is 0.370 e.